The topological polar surface area (TPSA) is 110 Å². The third-order valence-corrected chi connectivity index (χ3v) is 5.47. The second-order valence-corrected chi connectivity index (χ2v) is 7.94. The molecule has 1 aromatic carbocycles. The molecular weight excluding hydrogens is 432 g/mol. The number of pyridine rings is 1. The molecular formula is C24H24N8O2. The lowest BCUT2D eigenvalue weighted by Crippen LogP contribution is -2.37. The van der Waals surface area contributed by atoms with Crippen LogP contribution in [0.3, 0.4) is 0 Å². The number of aromatic nitrogens is 5. The summed E-state index contributed by atoms with van der Waals surface area (Å²) in [6, 6.07) is 13.3. The number of anilines is 2. The molecule has 1 N–H and O–H groups in total. The number of hydrogen-bond acceptors (Lipinski definition) is 9. The summed E-state index contributed by atoms with van der Waals surface area (Å²) in [5, 5.41) is 4.36. The molecule has 0 saturated carbocycles. The number of rotatable bonds is 7. The fourth-order valence-electron chi connectivity index (χ4n) is 3.62. The molecule has 0 unspecified atom stereocenters. The van der Waals surface area contributed by atoms with Crippen molar-refractivity contribution < 1.29 is 9.53 Å². The van der Waals surface area contributed by atoms with Gasteiger partial charge in [-0.1, -0.05) is 35.9 Å². The molecule has 0 radical (unpaired) electrons. The van der Waals surface area contributed by atoms with Crippen molar-refractivity contribution >= 4 is 34.9 Å². The highest BCUT2D eigenvalue weighted by atomic mass is 16.5. The number of ether oxygens (including phenoxy) is 1. The summed E-state index contributed by atoms with van der Waals surface area (Å²) >= 11 is 0. The van der Waals surface area contributed by atoms with Crippen molar-refractivity contribution in [2.24, 2.45) is 5.10 Å². The number of hydrogen-bond donors (Lipinski definition) is 1. The summed E-state index contributed by atoms with van der Waals surface area (Å²) in [4.78, 5) is 32.9. The predicted octanol–water partition coefficient (Wildman–Crippen LogP) is 2.70. The highest BCUT2D eigenvalue weighted by Gasteiger charge is 2.20. The molecule has 172 valence electrons. The molecule has 1 fully saturated rings. The highest BCUT2D eigenvalue weighted by molar-refractivity contribution is 5.95. The number of aryl methyl sites for hydroxylation is 1. The Morgan fingerprint density at radius 2 is 1.94 bits per heavy atom. The molecule has 1 aliphatic heterocycles. The first-order valence-corrected chi connectivity index (χ1v) is 11.0. The van der Waals surface area contributed by atoms with Crippen LogP contribution in [0.4, 0.5) is 11.8 Å². The Labute approximate surface area is 196 Å². The Bertz CT molecular complexity index is 1310. The number of fused-ring (bicyclic) bond motifs is 1. The number of benzene rings is 1. The van der Waals surface area contributed by atoms with E-state index in [0.29, 0.717) is 54.9 Å². The van der Waals surface area contributed by atoms with Crippen LogP contribution in [-0.4, -0.2) is 62.8 Å². The van der Waals surface area contributed by atoms with Gasteiger partial charge in [-0.2, -0.15) is 15.1 Å². The Morgan fingerprint density at radius 3 is 2.71 bits per heavy atom. The molecule has 0 bridgehead atoms. The second-order valence-electron chi connectivity index (χ2n) is 7.94. The minimum atomic E-state index is -0.127. The summed E-state index contributed by atoms with van der Waals surface area (Å²) in [7, 11) is 0. The first-order chi connectivity index (χ1) is 16.7. The van der Waals surface area contributed by atoms with E-state index in [4.69, 9.17) is 9.72 Å². The minimum absolute atomic E-state index is 0.0686. The van der Waals surface area contributed by atoms with Gasteiger partial charge in [0.05, 0.1) is 32.3 Å². The first kappa shape index (κ1) is 21.7. The van der Waals surface area contributed by atoms with Crippen molar-refractivity contribution in [1.82, 2.24) is 24.5 Å². The molecule has 10 heteroatoms. The van der Waals surface area contributed by atoms with Gasteiger partial charge >= 0.3 is 0 Å². The lowest BCUT2D eigenvalue weighted by Gasteiger charge is -2.27. The number of hydrazone groups is 1. The van der Waals surface area contributed by atoms with Crippen molar-refractivity contribution in [3.8, 4) is 0 Å². The van der Waals surface area contributed by atoms with E-state index in [1.807, 2.05) is 31.2 Å². The van der Waals surface area contributed by atoms with Crippen molar-refractivity contribution in [2.75, 3.05) is 36.6 Å². The van der Waals surface area contributed by atoms with Crippen LogP contribution in [0.2, 0.25) is 0 Å². The Balaban J connectivity index is 1.47. The number of Topliss-reactive ketones (excluding diaryl/α,β-unsaturated/α-hetero) is 1. The average Bonchev–Trinajstić information content (AvgIpc) is 3.29. The molecule has 4 aromatic rings. The van der Waals surface area contributed by atoms with E-state index >= 15 is 0 Å². The van der Waals surface area contributed by atoms with E-state index in [-0.39, 0.29) is 12.3 Å². The van der Waals surface area contributed by atoms with Crippen LogP contribution in [0.1, 0.15) is 21.6 Å². The van der Waals surface area contributed by atoms with Crippen LogP contribution in [0.15, 0.2) is 60.1 Å². The van der Waals surface area contributed by atoms with Crippen molar-refractivity contribution in [2.45, 2.75) is 13.5 Å². The van der Waals surface area contributed by atoms with Gasteiger partial charge in [0, 0.05) is 19.3 Å². The van der Waals surface area contributed by atoms with Gasteiger partial charge in [0.25, 0.3) is 0 Å². The number of ketones is 1. The molecule has 0 atom stereocenters. The molecule has 1 saturated heterocycles. The average molecular weight is 457 g/mol. The summed E-state index contributed by atoms with van der Waals surface area (Å²) in [5.74, 6) is 0.882. The maximum Gasteiger partial charge on any atom is 0.229 e. The van der Waals surface area contributed by atoms with Crippen LogP contribution < -0.4 is 10.3 Å². The monoisotopic (exact) mass is 456 g/mol. The van der Waals surface area contributed by atoms with Crippen LogP contribution in [0, 0.1) is 6.92 Å². The summed E-state index contributed by atoms with van der Waals surface area (Å²) < 4.78 is 7.18. The molecule has 10 nitrogen and oxygen atoms in total. The van der Waals surface area contributed by atoms with Gasteiger partial charge < -0.3 is 14.2 Å². The maximum atomic E-state index is 12.8. The Hall–Kier alpha value is -4.18. The Morgan fingerprint density at radius 1 is 1.12 bits per heavy atom. The van der Waals surface area contributed by atoms with Gasteiger partial charge in [-0.05, 0) is 24.6 Å². The lowest BCUT2D eigenvalue weighted by molar-refractivity contribution is 0.0968. The predicted molar refractivity (Wildman–Crippen MR) is 129 cm³/mol. The molecule has 0 amide bonds. The normalized spacial score (nSPS) is 14.1. The Kier molecular flexibility index (Phi) is 6.21. The molecule has 0 aliphatic carbocycles. The SMILES string of the molecule is Cc1ccc(C=NNc2nc(N3CCOCC3)nc3c2ncn3CC(=O)c2ccccn2)cc1. The third kappa shape index (κ3) is 4.76. The number of carbonyl (C=O) groups is 1. The number of morpholine rings is 1. The number of nitrogens with one attached hydrogen (secondary N) is 1. The van der Waals surface area contributed by atoms with Gasteiger partial charge in [-0.3, -0.25) is 15.2 Å². The van der Waals surface area contributed by atoms with Gasteiger partial charge in [0.2, 0.25) is 11.7 Å². The molecule has 5 rings (SSSR count). The van der Waals surface area contributed by atoms with E-state index in [1.54, 1.807) is 41.5 Å². The van der Waals surface area contributed by atoms with Gasteiger partial charge in [0.1, 0.15) is 5.69 Å². The minimum Gasteiger partial charge on any atom is -0.378 e. The number of imidazole rings is 1. The van der Waals surface area contributed by atoms with Crippen molar-refractivity contribution in [1.29, 1.82) is 0 Å². The lowest BCUT2D eigenvalue weighted by atomic mass is 10.2. The fraction of sp³-hybridized carbons (Fsp3) is 0.250. The van der Waals surface area contributed by atoms with E-state index < -0.39 is 0 Å². The van der Waals surface area contributed by atoms with Crippen molar-refractivity contribution in [3.63, 3.8) is 0 Å². The largest absolute Gasteiger partial charge is 0.378 e. The maximum absolute atomic E-state index is 12.8. The number of nitrogens with zero attached hydrogens (tertiary/aromatic N) is 7. The quantitative estimate of drug-likeness (QED) is 0.257. The highest BCUT2D eigenvalue weighted by Crippen LogP contribution is 2.23. The van der Waals surface area contributed by atoms with Gasteiger partial charge in [0.15, 0.2) is 17.0 Å². The standard InChI is InChI=1S/C24H24N8O2/c1-17-5-7-18(8-6-17)14-27-30-22-21-23(29-24(28-22)31-10-12-34-13-11-31)32(16-26-21)15-20(33)19-4-2-3-9-25-19/h2-9,14,16H,10-13,15H2,1H3,(H,28,29,30). The molecule has 3 aromatic heterocycles. The molecule has 1 aliphatic rings. The van der Waals surface area contributed by atoms with E-state index in [1.165, 1.54) is 5.56 Å². The van der Waals surface area contributed by atoms with Crippen LogP contribution in [0.5, 0.6) is 0 Å². The van der Waals surface area contributed by atoms with E-state index in [2.05, 4.69) is 30.4 Å². The van der Waals surface area contributed by atoms with E-state index in [0.717, 1.165) is 5.56 Å². The molecule has 34 heavy (non-hydrogen) atoms. The third-order valence-electron chi connectivity index (χ3n) is 5.47. The smallest absolute Gasteiger partial charge is 0.229 e. The van der Waals surface area contributed by atoms with Crippen LogP contribution in [0.25, 0.3) is 11.2 Å². The number of carbonyl (C=O) groups excluding carboxylic acids is 1. The summed E-state index contributed by atoms with van der Waals surface area (Å²) in [6.45, 7) is 4.68. The fourth-order valence-corrected chi connectivity index (χ4v) is 3.62. The van der Waals surface area contributed by atoms with Crippen LogP contribution in [-0.2, 0) is 11.3 Å². The second kappa shape index (κ2) is 9.75. The zero-order chi connectivity index (χ0) is 23.3. The zero-order valence-electron chi connectivity index (χ0n) is 18.8. The zero-order valence-corrected chi connectivity index (χ0v) is 18.8. The van der Waals surface area contributed by atoms with Gasteiger partial charge in [-0.25, -0.2) is 4.98 Å². The summed E-state index contributed by atoms with van der Waals surface area (Å²) in [5.41, 5.74) is 6.64. The molecule has 4 heterocycles. The summed E-state index contributed by atoms with van der Waals surface area (Å²) in [6.07, 6.45) is 4.92. The van der Waals surface area contributed by atoms with Gasteiger partial charge in [-0.15, -0.1) is 0 Å². The van der Waals surface area contributed by atoms with Crippen molar-refractivity contribution in [3.05, 3.63) is 71.8 Å². The first-order valence-electron chi connectivity index (χ1n) is 11.0. The van der Waals surface area contributed by atoms with Crippen LogP contribution >= 0.6 is 0 Å². The van der Waals surface area contributed by atoms with E-state index in [9.17, 15) is 4.79 Å². The molecule has 0 spiro atoms.